The van der Waals surface area contributed by atoms with Gasteiger partial charge in [-0.2, -0.15) is 0 Å². The Bertz CT molecular complexity index is 2120. The Kier molecular flexibility index (Phi) is 14.7. The van der Waals surface area contributed by atoms with Crippen LogP contribution in [0.1, 0.15) is 50.2 Å². The largest absolute Gasteiger partial charge is 0.466 e. The van der Waals surface area contributed by atoms with E-state index in [4.69, 9.17) is 35.2 Å². The smallest absolute Gasteiger partial charge is 0.338 e. The number of thiazole rings is 1. The van der Waals surface area contributed by atoms with Crippen LogP contribution in [0.25, 0.3) is 0 Å². The van der Waals surface area contributed by atoms with Crippen molar-refractivity contribution in [2.75, 3.05) is 59.0 Å². The fraction of sp³-hybridized carbons (Fsp3) is 0.405. The number of sulfonamides is 1. The van der Waals surface area contributed by atoms with Gasteiger partial charge in [0.1, 0.15) is 11.9 Å². The lowest BCUT2D eigenvalue weighted by atomic mass is 9.86. The SMILES string of the molecule is COC(=O)C1=C(C2CCN(S(=O)(=O)CCOCCOCCO[Si](c3ccccc3)(c3ccccc3)C(C)(C)C)CC2)NC(c2nccs2)=NC1c1ccc(F)cc1Cl. The molecule has 1 saturated heterocycles. The minimum atomic E-state index is -3.63. The van der Waals surface area contributed by atoms with Gasteiger partial charge in [0.2, 0.25) is 10.0 Å². The van der Waals surface area contributed by atoms with Crippen LogP contribution < -0.4 is 15.7 Å². The second kappa shape index (κ2) is 19.5. The van der Waals surface area contributed by atoms with Crippen molar-refractivity contribution < 1.29 is 36.2 Å². The highest BCUT2D eigenvalue weighted by Crippen LogP contribution is 2.40. The Balaban J connectivity index is 1.01. The van der Waals surface area contributed by atoms with Crippen LogP contribution >= 0.6 is 22.9 Å². The first-order valence-corrected chi connectivity index (χ1v) is 24.0. The summed E-state index contributed by atoms with van der Waals surface area (Å²) in [6.07, 6.45) is 2.51. The number of methoxy groups -OCH3 is 1. The molecule has 0 spiro atoms. The molecule has 1 N–H and O–H groups in total. The van der Waals surface area contributed by atoms with Crippen LogP contribution in [0.4, 0.5) is 4.39 Å². The Morgan fingerprint density at radius 1 is 0.948 bits per heavy atom. The van der Waals surface area contributed by atoms with Gasteiger partial charge in [-0.1, -0.05) is 99.1 Å². The van der Waals surface area contributed by atoms with Crippen molar-refractivity contribution in [2.24, 2.45) is 10.9 Å². The third kappa shape index (κ3) is 9.96. The van der Waals surface area contributed by atoms with Crippen molar-refractivity contribution in [3.05, 3.63) is 123 Å². The molecule has 0 saturated carbocycles. The van der Waals surface area contributed by atoms with E-state index in [0.717, 1.165) is 0 Å². The summed E-state index contributed by atoms with van der Waals surface area (Å²) >= 11 is 7.87. The number of nitrogens with zero attached hydrogens (tertiary/aromatic N) is 3. The van der Waals surface area contributed by atoms with Gasteiger partial charge in [0.05, 0.1) is 51.5 Å². The van der Waals surface area contributed by atoms with Crippen molar-refractivity contribution in [3.8, 4) is 0 Å². The van der Waals surface area contributed by atoms with Gasteiger partial charge in [0, 0.05) is 46.9 Å². The molecule has 11 nitrogen and oxygen atoms in total. The number of aromatic nitrogens is 1. The molecule has 0 amide bonds. The maximum Gasteiger partial charge on any atom is 0.338 e. The topological polar surface area (TPSA) is 129 Å². The Labute approximate surface area is 350 Å². The quantitative estimate of drug-likeness (QED) is 0.0761. The molecule has 2 aliphatic heterocycles. The normalized spacial score (nSPS) is 17.2. The number of hydrogen-bond donors (Lipinski definition) is 1. The molecule has 3 heterocycles. The predicted molar refractivity (Wildman–Crippen MR) is 228 cm³/mol. The fourth-order valence-corrected chi connectivity index (χ4v) is 14.4. The van der Waals surface area contributed by atoms with E-state index in [9.17, 15) is 17.6 Å². The van der Waals surface area contributed by atoms with E-state index < -0.39 is 36.2 Å². The van der Waals surface area contributed by atoms with Crippen molar-refractivity contribution in [1.82, 2.24) is 14.6 Å². The number of halogens is 2. The number of piperidine rings is 1. The van der Waals surface area contributed by atoms with Crippen molar-refractivity contribution in [1.29, 1.82) is 0 Å². The van der Waals surface area contributed by atoms with Crippen LogP contribution in [0.5, 0.6) is 0 Å². The van der Waals surface area contributed by atoms with Gasteiger partial charge < -0.3 is 24.0 Å². The molecule has 310 valence electrons. The molecule has 1 atom stereocenters. The number of esters is 1. The number of ether oxygens (including phenoxy) is 3. The first-order valence-electron chi connectivity index (χ1n) is 19.3. The summed E-state index contributed by atoms with van der Waals surface area (Å²) in [6, 6.07) is 23.9. The van der Waals surface area contributed by atoms with E-state index >= 15 is 0 Å². The monoisotopic (exact) mass is 868 g/mol. The first-order chi connectivity index (χ1) is 27.9. The van der Waals surface area contributed by atoms with Gasteiger partial charge >= 0.3 is 5.97 Å². The number of hydrogen-bond acceptors (Lipinski definition) is 11. The number of carbonyl (C=O) groups is 1. The number of benzene rings is 3. The van der Waals surface area contributed by atoms with E-state index in [1.165, 1.54) is 51.3 Å². The van der Waals surface area contributed by atoms with Crippen LogP contribution in [-0.4, -0.2) is 96.8 Å². The summed E-state index contributed by atoms with van der Waals surface area (Å²) in [7, 11) is -5.00. The molecule has 6 rings (SSSR count). The third-order valence-electron chi connectivity index (χ3n) is 10.4. The van der Waals surface area contributed by atoms with Gasteiger partial charge in [-0.15, -0.1) is 11.3 Å². The van der Waals surface area contributed by atoms with E-state index in [-0.39, 0.29) is 53.6 Å². The average Bonchev–Trinajstić information content (AvgIpc) is 3.77. The Morgan fingerprint density at radius 3 is 2.14 bits per heavy atom. The average molecular weight is 870 g/mol. The molecule has 3 aromatic carbocycles. The minimum absolute atomic E-state index is 0.0249. The first kappa shape index (κ1) is 43.8. The van der Waals surface area contributed by atoms with E-state index in [1.54, 1.807) is 6.20 Å². The maximum absolute atomic E-state index is 14.0. The molecular formula is C42H50ClFN4O7S2Si. The van der Waals surface area contributed by atoms with Gasteiger partial charge in [-0.3, -0.25) is 4.99 Å². The van der Waals surface area contributed by atoms with Gasteiger partial charge in [-0.25, -0.2) is 26.9 Å². The van der Waals surface area contributed by atoms with E-state index in [2.05, 4.69) is 79.6 Å². The summed E-state index contributed by atoms with van der Waals surface area (Å²) in [4.78, 5) is 22.6. The summed E-state index contributed by atoms with van der Waals surface area (Å²) < 4.78 is 66.0. The number of nitrogens with one attached hydrogen (secondary N) is 1. The lowest BCUT2D eigenvalue weighted by molar-refractivity contribution is -0.136. The number of amidine groups is 1. The van der Waals surface area contributed by atoms with Crippen molar-refractivity contribution >= 4 is 63.5 Å². The zero-order valence-corrected chi connectivity index (χ0v) is 36.5. The number of rotatable bonds is 17. The fourth-order valence-electron chi connectivity index (χ4n) is 7.67. The molecule has 1 unspecified atom stereocenters. The molecule has 0 bridgehead atoms. The number of carbonyl (C=O) groups excluding carboxylic acids is 1. The molecule has 0 aliphatic carbocycles. The van der Waals surface area contributed by atoms with Crippen molar-refractivity contribution in [2.45, 2.75) is 44.7 Å². The van der Waals surface area contributed by atoms with Crippen LogP contribution in [0.15, 0.2) is 107 Å². The predicted octanol–water partition coefficient (Wildman–Crippen LogP) is 6.11. The highest BCUT2D eigenvalue weighted by Gasteiger charge is 2.50. The molecule has 4 aromatic rings. The van der Waals surface area contributed by atoms with Crippen LogP contribution in [-0.2, 0) is 33.5 Å². The summed E-state index contributed by atoms with van der Waals surface area (Å²) in [6.45, 7) is 8.53. The van der Waals surface area contributed by atoms with Crippen LogP contribution in [0, 0.1) is 11.7 Å². The lowest BCUT2D eigenvalue weighted by Gasteiger charge is -2.43. The molecule has 1 fully saturated rings. The van der Waals surface area contributed by atoms with E-state index in [0.29, 0.717) is 54.8 Å². The molecular weight excluding hydrogens is 819 g/mol. The van der Waals surface area contributed by atoms with Crippen LogP contribution in [0.2, 0.25) is 10.1 Å². The molecule has 16 heteroatoms. The van der Waals surface area contributed by atoms with Crippen molar-refractivity contribution in [3.63, 3.8) is 0 Å². The summed E-state index contributed by atoms with van der Waals surface area (Å²) in [5, 5.41) is 8.11. The lowest BCUT2D eigenvalue weighted by Crippen LogP contribution is -2.66. The zero-order chi connectivity index (χ0) is 41.3. The molecule has 1 aromatic heterocycles. The van der Waals surface area contributed by atoms with Crippen LogP contribution in [0.3, 0.4) is 0 Å². The number of aliphatic imine (C=N–C) groups is 1. The summed E-state index contributed by atoms with van der Waals surface area (Å²) in [5.41, 5.74) is 1.24. The van der Waals surface area contributed by atoms with Gasteiger partial charge in [-0.05, 0) is 40.4 Å². The highest BCUT2D eigenvalue weighted by molar-refractivity contribution is 7.89. The summed E-state index contributed by atoms with van der Waals surface area (Å²) in [5.74, 6) is -1.10. The standard InChI is InChI=1S/C42H50ClFN4O7S2Si/c1-42(2,3)58(32-11-7-5-8-12-32,33-13-9-6-10-14-33)55-25-24-53-22-23-54-26-28-57(50,51)48-20-17-30(18-21-48)37-36(41(49)52-4)38(34-16-15-31(44)29-35(34)43)47-39(46-37)40-45-19-27-56-40/h5-16,19,27,29-30,38H,17-18,20-26,28H2,1-4H3,(H,46,47). The zero-order valence-electron chi connectivity index (χ0n) is 33.2. The third-order valence-corrected chi connectivity index (χ3v) is 18.4. The minimum Gasteiger partial charge on any atom is -0.466 e. The van der Waals surface area contributed by atoms with Gasteiger partial charge in [0.25, 0.3) is 8.32 Å². The maximum atomic E-state index is 14.0. The highest BCUT2D eigenvalue weighted by atomic mass is 35.5. The van der Waals surface area contributed by atoms with Gasteiger partial charge in [0.15, 0.2) is 10.8 Å². The van der Waals surface area contributed by atoms with E-state index in [1.807, 2.05) is 17.5 Å². The molecule has 2 aliphatic rings. The molecule has 58 heavy (non-hydrogen) atoms. The number of allylic oxidation sites excluding steroid dienone is 1. The second-order valence-corrected chi connectivity index (χ2v) is 22.7. The Hall–Kier alpha value is -3.80. The Morgan fingerprint density at radius 2 is 1.57 bits per heavy atom. The molecule has 0 radical (unpaired) electrons. The second-order valence-electron chi connectivity index (χ2n) is 15.1.